The van der Waals surface area contributed by atoms with Crippen molar-refractivity contribution in [1.82, 2.24) is 0 Å². The molecule has 0 amide bonds. The third-order valence-electron chi connectivity index (χ3n) is 2.69. The van der Waals surface area contributed by atoms with Gasteiger partial charge in [-0.1, -0.05) is 23.8 Å². The molecule has 0 fully saturated rings. The summed E-state index contributed by atoms with van der Waals surface area (Å²) < 4.78 is 0. The maximum absolute atomic E-state index is 9.90. The molecule has 0 aliphatic rings. The maximum atomic E-state index is 9.90. The fraction of sp³-hybridized carbons (Fsp3) is 0.467. The van der Waals surface area contributed by atoms with Crippen LogP contribution in [-0.4, -0.2) is 22.2 Å². The van der Waals surface area contributed by atoms with E-state index in [1.807, 2.05) is 0 Å². The SMILES string of the molecule is Cc1ccc(C)c(C)c1.O=C(O)CCCCC(=O)O. The quantitative estimate of drug-likeness (QED) is 0.802. The molecule has 19 heavy (non-hydrogen) atoms. The summed E-state index contributed by atoms with van der Waals surface area (Å²) >= 11 is 0. The minimum absolute atomic E-state index is 0.0628. The zero-order valence-corrected chi connectivity index (χ0v) is 11.8. The summed E-state index contributed by atoms with van der Waals surface area (Å²) in [6.45, 7) is 6.39. The van der Waals surface area contributed by atoms with Crippen LogP contribution in [0.4, 0.5) is 0 Å². The van der Waals surface area contributed by atoms with Crippen LogP contribution in [0.25, 0.3) is 0 Å². The molecule has 1 aromatic carbocycles. The first-order valence-corrected chi connectivity index (χ1v) is 6.30. The molecule has 0 saturated heterocycles. The van der Waals surface area contributed by atoms with Crippen molar-refractivity contribution in [3.05, 3.63) is 34.9 Å². The van der Waals surface area contributed by atoms with Crippen molar-refractivity contribution in [1.29, 1.82) is 0 Å². The summed E-state index contributed by atoms with van der Waals surface area (Å²) in [5, 5.41) is 16.3. The number of unbranched alkanes of at least 4 members (excludes halogenated alkanes) is 1. The van der Waals surface area contributed by atoms with Gasteiger partial charge in [-0.05, 0) is 44.7 Å². The van der Waals surface area contributed by atoms with Gasteiger partial charge in [0.05, 0.1) is 0 Å². The summed E-state index contributed by atoms with van der Waals surface area (Å²) in [7, 11) is 0. The normalized spacial score (nSPS) is 9.42. The first-order chi connectivity index (χ1) is 8.82. The molecule has 1 rings (SSSR count). The molecule has 0 unspecified atom stereocenters. The second-order valence-corrected chi connectivity index (χ2v) is 4.58. The Hall–Kier alpha value is -1.84. The van der Waals surface area contributed by atoms with Crippen molar-refractivity contribution >= 4 is 11.9 Å². The van der Waals surface area contributed by atoms with E-state index < -0.39 is 11.9 Å². The highest BCUT2D eigenvalue weighted by molar-refractivity contribution is 5.67. The Bertz CT molecular complexity index is 408. The van der Waals surface area contributed by atoms with Gasteiger partial charge < -0.3 is 10.2 Å². The fourth-order valence-electron chi connectivity index (χ4n) is 1.44. The number of rotatable bonds is 5. The third-order valence-corrected chi connectivity index (χ3v) is 2.69. The highest BCUT2D eigenvalue weighted by atomic mass is 16.4. The second-order valence-electron chi connectivity index (χ2n) is 4.58. The maximum Gasteiger partial charge on any atom is 0.303 e. The van der Waals surface area contributed by atoms with E-state index in [4.69, 9.17) is 10.2 Å². The minimum Gasteiger partial charge on any atom is -0.481 e. The smallest absolute Gasteiger partial charge is 0.303 e. The average molecular weight is 266 g/mol. The van der Waals surface area contributed by atoms with E-state index in [1.165, 1.54) is 16.7 Å². The Kier molecular flexibility index (Phi) is 8.25. The Morgan fingerprint density at radius 3 is 1.68 bits per heavy atom. The lowest BCUT2D eigenvalue weighted by Crippen LogP contribution is -1.97. The third kappa shape index (κ3) is 9.83. The molecule has 0 heterocycles. The fourth-order valence-corrected chi connectivity index (χ4v) is 1.44. The van der Waals surface area contributed by atoms with E-state index in [1.54, 1.807) is 0 Å². The molecule has 0 aliphatic heterocycles. The molecule has 4 heteroatoms. The highest BCUT2D eigenvalue weighted by Gasteiger charge is 1.99. The van der Waals surface area contributed by atoms with Gasteiger partial charge in [-0.15, -0.1) is 0 Å². The topological polar surface area (TPSA) is 74.6 Å². The van der Waals surface area contributed by atoms with Crippen molar-refractivity contribution in [2.24, 2.45) is 0 Å². The van der Waals surface area contributed by atoms with Crippen LogP contribution < -0.4 is 0 Å². The number of benzene rings is 1. The second kappa shape index (κ2) is 9.14. The summed E-state index contributed by atoms with van der Waals surface area (Å²) in [4.78, 5) is 19.8. The Balaban J connectivity index is 0.000000342. The van der Waals surface area contributed by atoms with Gasteiger partial charge in [0, 0.05) is 12.8 Å². The molecular weight excluding hydrogens is 244 g/mol. The zero-order chi connectivity index (χ0) is 14.8. The number of aliphatic carboxylic acids is 2. The number of carbonyl (C=O) groups is 2. The van der Waals surface area contributed by atoms with E-state index in [9.17, 15) is 9.59 Å². The Morgan fingerprint density at radius 2 is 1.37 bits per heavy atom. The van der Waals surface area contributed by atoms with E-state index >= 15 is 0 Å². The van der Waals surface area contributed by atoms with Crippen molar-refractivity contribution in [2.45, 2.75) is 46.5 Å². The molecule has 2 N–H and O–H groups in total. The molecule has 4 nitrogen and oxygen atoms in total. The number of carboxylic acids is 2. The van der Waals surface area contributed by atoms with Crippen molar-refractivity contribution in [3.8, 4) is 0 Å². The van der Waals surface area contributed by atoms with Crippen molar-refractivity contribution in [2.75, 3.05) is 0 Å². The number of hydrogen-bond donors (Lipinski definition) is 2. The summed E-state index contributed by atoms with van der Waals surface area (Å²) in [5.41, 5.74) is 4.11. The lowest BCUT2D eigenvalue weighted by Gasteiger charge is -1.98. The monoisotopic (exact) mass is 266 g/mol. The van der Waals surface area contributed by atoms with Crippen molar-refractivity contribution < 1.29 is 19.8 Å². The molecule has 0 spiro atoms. The lowest BCUT2D eigenvalue weighted by atomic mass is 10.1. The molecule has 0 bridgehead atoms. The summed E-state index contributed by atoms with van der Waals surface area (Å²) in [6, 6.07) is 6.50. The molecule has 0 aromatic heterocycles. The Labute approximate surface area is 114 Å². The minimum atomic E-state index is -0.870. The first kappa shape index (κ1) is 17.2. The van der Waals surface area contributed by atoms with Gasteiger partial charge in [0.2, 0.25) is 0 Å². The molecule has 0 atom stereocenters. The number of hydrogen-bond acceptors (Lipinski definition) is 2. The van der Waals surface area contributed by atoms with Gasteiger partial charge in [0.15, 0.2) is 0 Å². The predicted octanol–water partition coefficient (Wildman–Crippen LogP) is 3.33. The van der Waals surface area contributed by atoms with Gasteiger partial charge in [-0.2, -0.15) is 0 Å². The van der Waals surface area contributed by atoms with Crippen LogP contribution in [0, 0.1) is 20.8 Å². The van der Waals surface area contributed by atoms with Crippen molar-refractivity contribution in [3.63, 3.8) is 0 Å². The van der Waals surface area contributed by atoms with E-state index in [0.717, 1.165) is 0 Å². The molecular formula is C15H22O4. The number of carboxylic acid groups (broad SMARTS) is 2. The molecule has 0 saturated carbocycles. The summed E-state index contributed by atoms with van der Waals surface area (Å²) in [6.07, 6.45) is 1.02. The van der Waals surface area contributed by atoms with Gasteiger partial charge in [-0.25, -0.2) is 0 Å². The van der Waals surface area contributed by atoms with Crippen LogP contribution in [0.3, 0.4) is 0 Å². The Morgan fingerprint density at radius 1 is 0.895 bits per heavy atom. The predicted molar refractivity (Wildman–Crippen MR) is 74.4 cm³/mol. The van der Waals surface area contributed by atoms with E-state index in [0.29, 0.717) is 12.8 Å². The molecule has 106 valence electrons. The van der Waals surface area contributed by atoms with Crippen LogP contribution in [0.5, 0.6) is 0 Å². The highest BCUT2D eigenvalue weighted by Crippen LogP contribution is 2.07. The van der Waals surface area contributed by atoms with Crippen LogP contribution >= 0.6 is 0 Å². The lowest BCUT2D eigenvalue weighted by molar-refractivity contribution is -0.139. The molecule has 0 aliphatic carbocycles. The molecule has 0 radical (unpaired) electrons. The van der Waals surface area contributed by atoms with Crippen LogP contribution in [0.1, 0.15) is 42.4 Å². The van der Waals surface area contributed by atoms with Crippen LogP contribution in [-0.2, 0) is 9.59 Å². The van der Waals surface area contributed by atoms with E-state index in [2.05, 4.69) is 39.0 Å². The van der Waals surface area contributed by atoms with Crippen LogP contribution in [0.2, 0.25) is 0 Å². The molecule has 1 aromatic rings. The average Bonchev–Trinajstić information content (AvgIpc) is 2.30. The zero-order valence-electron chi connectivity index (χ0n) is 11.8. The standard InChI is InChI=1S/C9H12.C6H10O4/c1-7-4-5-8(2)9(3)6-7;7-5(8)3-1-2-4-6(9)10/h4-6H,1-3H3;1-4H2,(H,7,8)(H,9,10). The van der Waals surface area contributed by atoms with Gasteiger partial charge in [-0.3, -0.25) is 9.59 Å². The van der Waals surface area contributed by atoms with Gasteiger partial charge in [0.25, 0.3) is 0 Å². The summed E-state index contributed by atoms with van der Waals surface area (Å²) in [5.74, 6) is -1.74. The largest absolute Gasteiger partial charge is 0.481 e. The first-order valence-electron chi connectivity index (χ1n) is 6.30. The van der Waals surface area contributed by atoms with Gasteiger partial charge >= 0.3 is 11.9 Å². The number of aryl methyl sites for hydroxylation is 3. The van der Waals surface area contributed by atoms with Crippen LogP contribution in [0.15, 0.2) is 18.2 Å². The van der Waals surface area contributed by atoms with E-state index in [-0.39, 0.29) is 12.8 Å². The van der Waals surface area contributed by atoms with Gasteiger partial charge in [0.1, 0.15) is 0 Å².